The van der Waals surface area contributed by atoms with E-state index in [1.165, 1.54) is 29.5 Å². The van der Waals surface area contributed by atoms with Crippen molar-refractivity contribution in [1.82, 2.24) is 14.9 Å². The van der Waals surface area contributed by atoms with Gasteiger partial charge in [-0.15, -0.1) is 11.3 Å². The van der Waals surface area contributed by atoms with Crippen LogP contribution in [0.1, 0.15) is 35.3 Å². The molecule has 0 bridgehead atoms. The molecule has 33 heavy (non-hydrogen) atoms. The molecule has 1 N–H and O–H groups in total. The molecule has 1 aliphatic rings. The second-order valence-electron chi connectivity index (χ2n) is 7.49. The van der Waals surface area contributed by atoms with Gasteiger partial charge in [0.05, 0.1) is 34.9 Å². The van der Waals surface area contributed by atoms with Crippen LogP contribution in [0.5, 0.6) is 0 Å². The van der Waals surface area contributed by atoms with Crippen LogP contribution in [0.15, 0.2) is 34.2 Å². The van der Waals surface area contributed by atoms with Crippen molar-refractivity contribution in [2.75, 3.05) is 12.3 Å². The molecule has 11 heteroatoms. The molecule has 2 aromatic heterocycles. The number of nitrogens with zero attached hydrogens (tertiary/aromatic N) is 3. The first-order chi connectivity index (χ1) is 15.8. The Bertz CT molecular complexity index is 1310. The van der Waals surface area contributed by atoms with Gasteiger partial charge in [0.25, 0.3) is 5.56 Å². The van der Waals surface area contributed by atoms with E-state index < -0.39 is 23.2 Å². The highest BCUT2D eigenvalue weighted by Crippen LogP contribution is 2.37. The van der Waals surface area contributed by atoms with Crippen molar-refractivity contribution in [2.24, 2.45) is 0 Å². The fourth-order valence-electron chi connectivity index (χ4n) is 3.84. The van der Waals surface area contributed by atoms with Gasteiger partial charge in [-0.05, 0) is 43.4 Å². The van der Waals surface area contributed by atoms with Crippen molar-refractivity contribution in [2.45, 2.75) is 43.4 Å². The maximum Gasteiger partial charge on any atom is 0.418 e. The molecule has 0 saturated heterocycles. The topological polar surface area (TPSA) is 87.8 Å². The van der Waals surface area contributed by atoms with Crippen LogP contribution in [0.4, 0.5) is 13.2 Å². The first-order valence-corrected chi connectivity index (χ1v) is 12.1. The summed E-state index contributed by atoms with van der Waals surface area (Å²) in [5.41, 5.74) is -0.934. The molecule has 0 fully saturated rings. The smallest absolute Gasteiger partial charge is 0.354 e. The summed E-state index contributed by atoms with van der Waals surface area (Å²) in [6, 6.07) is 6.79. The number of nitrogens with one attached hydrogen (secondary N) is 1. The third kappa shape index (κ3) is 4.77. The number of benzene rings is 1. The minimum absolute atomic E-state index is 0.0261. The zero-order chi connectivity index (χ0) is 23.6. The highest BCUT2D eigenvalue weighted by Gasteiger charge is 2.35. The van der Waals surface area contributed by atoms with Crippen LogP contribution in [0.3, 0.4) is 0 Å². The third-order valence-corrected chi connectivity index (χ3v) is 7.42. The SMILES string of the molecule is N#CCCNC(=O)CSc1nc2sc3c(c2c(=O)n1-c1ccccc1C(F)(F)F)CCCC3. The number of thiophene rings is 1. The largest absolute Gasteiger partial charge is 0.418 e. The molecule has 3 aromatic rings. The summed E-state index contributed by atoms with van der Waals surface area (Å²) in [5, 5.41) is 11.6. The Hall–Kier alpha value is -2.84. The Morgan fingerprint density at radius 3 is 2.79 bits per heavy atom. The lowest BCUT2D eigenvalue weighted by Crippen LogP contribution is -2.28. The lowest BCUT2D eigenvalue weighted by Gasteiger charge is -2.17. The molecule has 0 saturated carbocycles. The van der Waals surface area contributed by atoms with Gasteiger partial charge in [0.2, 0.25) is 5.91 Å². The summed E-state index contributed by atoms with van der Waals surface area (Å²) < 4.78 is 42.3. The summed E-state index contributed by atoms with van der Waals surface area (Å²) in [5.74, 6) is -0.548. The fraction of sp³-hybridized carbons (Fsp3) is 0.364. The van der Waals surface area contributed by atoms with Crippen molar-refractivity contribution in [3.63, 3.8) is 0 Å². The number of thioether (sulfide) groups is 1. The molecule has 0 spiro atoms. The van der Waals surface area contributed by atoms with Crippen LogP contribution in [0.2, 0.25) is 0 Å². The van der Waals surface area contributed by atoms with Crippen LogP contribution < -0.4 is 10.9 Å². The number of hydrogen-bond donors (Lipinski definition) is 1. The van der Waals surface area contributed by atoms with Crippen molar-refractivity contribution in [3.05, 3.63) is 50.6 Å². The van der Waals surface area contributed by atoms with Gasteiger partial charge >= 0.3 is 6.18 Å². The van der Waals surface area contributed by atoms with Gasteiger partial charge in [-0.25, -0.2) is 4.98 Å². The summed E-state index contributed by atoms with van der Waals surface area (Å²) in [4.78, 5) is 31.9. The summed E-state index contributed by atoms with van der Waals surface area (Å²) in [7, 11) is 0. The number of aryl methyl sites for hydroxylation is 2. The van der Waals surface area contributed by atoms with Gasteiger partial charge in [-0.3, -0.25) is 14.2 Å². The van der Waals surface area contributed by atoms with Gasteiger partial charge in [-0.1, -0.05) is 23.9 Å². The van der Waals surface area contributed by atoms with Gasteiger partial charge < -0.3 is 5.32 Å². The molecule has 172 valence electrons. The number of hydrogen-bond acceptors (Lipinski definition) is 6. The average molecular weight is 493 g/mol. The second kappa shape index (κ2) is 9.57. The molecule has 4 rings (SSSR count). The van der Waals surface area contributed by atoms with E-state index in [0.717, 1.165) is 52.1 Å². The Kier molecular flexibility index (Phi) is 6.76. The molecule has 1 aliphatic carbocycles. The molecule has 1 aromatic carbocycles. The highest BCUT2D eigenvalue weighted by atomic mass is 32.2. The van der Waals surface area contributed by atoms with Gasteiger partial charge in [-0.2, -0.15) is 18.4 Å². The number of fused-ring (bicyclic) bond motifs is 3. The van der Waals surface area contributed by atoms with Crippen LogP contribution in [0.25, 0.3) is 15.9 Å². The van der Waals surface area contributed by atoms with E-state index in [0.29, 0.717) is 16.6 Å². The summed E-state index contributed by atoms with van der Waals surface area (Å²) in [6.45, 7) is 0.170. The number of nitriles is 1. The van der Waals surface area contributed by atoms with E-state index in [1.54, 1.807) is 0 Å². The summed E-state index contributed by atoms with van der Waals surface area (Å²) >= 11 is 2.29. The molecule has 0 radical (unpaired) electrons. The van der Waals surface area contributed by atoms with E-state index in [1.807, 2.05) is 6.07 Å². The maximum atomic E-state index is 13.8. The zero-order valence-corrected chi connectivity index (χ0v) is 19.0. The quantitative estimate of drug-likeness (QED) is 0.312. The number of halogens is 3. The monoisotopic (exact) mass is 492 g/mol. The minimum Gasteiger partial charge on any atom is -0.354 e. The maximum absolute atomic E-state index is 13.8. The Morgan fingerprint density at radius 1 is 1.27 bits per heavy atom. The Balaban J connectivity index is 1.86. The predicted molar refractivity (Wildman–Crippen MR) is 121 cm³/mol. The first-order valence-electron chi connectivity index (χ1n) is 10.3. The highest BCUT2D eigenvalue weighted by molar-refractivity contribution is 7.99. The molecular formula is C22H19F3N4O2S2. The van der Waals surface area contributed by atoms with E-state index in [-0.39, 0.29) is 29.6 Å². The van der Waals surface area contributed by atoms with Crippen LogP contribution >= 0.6 is 23.1 Å². The zero-order valence-electron chi connectivity index (χ0n) is 17.4. The Morgan fingerprint density at radius 2 is 2.03 bits per heavy atom. The van der Waals surface area contributed by atoms with Crippen LogP contribution in [0, 0.1) is 11.3 Å². The standard InChI is InChI=1S/C22H19F3N4O2S2/c23-22(24,25)14-7-2-3-8-15(14)29-20(31)18-13-6-1-4-9-16(13)33-19(18)28-21(29)32-12-17(30)27-11-5-10-26/h2-3,7-8H,1,4-6,9,11-12H2,(H,27,30). The van der Waals surface area contributed by atoms with Gasteiger partial charge in [0.15, 0.2) is 5.16 Å². The minimum atomic E-state index is -4.67. The van der Waals surface area contributed by atoms with E-state index in [4.69, 9.17) is 5.26 Å². The molecule has 0 unspecified atom stereocenters. The van der Waals surface area contributed by atoms with Crippen molar-refractivity contribution in [1.29, 1.82) is 5.26 Å². The molecule has 1 amide bonds. The number of alkyl halides is 3. The van der Waals surface area contributed by atoms with Crippen molar-refractivity contribution in [3.8, 4) is 11.8 Å². The molecule has 2 heterocycles. The van der Waals surface area contributed by atoms with Crippen molar-refractivity contribution < 1.29 is 18.0 Å². The number of amides is 1. The van der Waals surface area contributed by atoms with E-state index in [9.17, 15) is 22.8 Å². The molecule has 0 atom stereocenters. The predicted octanol–water partition coefficient (Wildman–Crippen LogP) is 4.47. The number of aromatic nitrogens is 2. The lowest BCUT2D eigenvalue weighted by atomic mass is 9.97. The van der Waals surface area contributed by atoms with Gasteiger partial charge in [0, 0.05) is 11.4 Å². The normalized spacial score (nSPS) is 13.5. The second-order valence-corrected chi connectivity index (χ2v) is 9.51. The fourth-order valence-corrected chi connectivity index (χ4v) is 5.98. The third-order valence-electron chi connectivity index (χ3n) is 5.30. The molecule has 0 aliphatic heterocycles. The number of para-hydroxylation sites is 1. The number of rotatable bonds is 6. The Labute approximate surface area is 195 Å². The number of carbonyl (C=O) groups is 1. The first kappa shape index (κ1) is 23.3. The van der Waals surface area contributed by atoms with Crippen LogP contribution in [-0.2, 0) is 23.8 Å². The van der Waals surface area contributed by atoms with Crippen LogP contribution in [-0.4, -0.2) is 27.8 Å². The van der Waals surface area contributed by atoms with E-state index >= 15 is 0 Å². The molecular weight excluding hydrogens is 473 g/mol. The number of carbonyl (C=O) groups excluding carboxylic acids is 1. The summed E-state index contributed by atoms with van der Waals surface area (Å²) in [6.07, 6.45) is -1.10. The van der Waals surface area contributed by atoms with Crippen molar-refractivity contribution >= 4 is 39.2 Å². The van der Waals surface area contributed by atoms with Gasteiger partial charge in [0.1, 0.15) is 4.83 Å². The lowest BCUT2D eigenvalue weighted by molar-refractivity contribution is -0.137. The average Bonchev–Trinajstić information content (AvgIpc) is 3.16. The van der Waals surface area contributed by atoms with E-state index in [2.05, 4.69) is 10.3 Å². The molecule has 6 nitrogen and oxygen atoms in total.